The molecule has 0 atom stereocenters. The van der Waals surface area contributed by atoms with E-state index in [1.807, 2.05) is 4.90 Å². The molecular formula is C26H27F3N4O5. The number of hydrogen-bond donors (Lipinski definition) is 3. The standard InChI is InChI=1S/C26H27F3N4O5/c27-26(28,29)38-20-7-3-18(4-8-20)17-1-5-19(6-2-17)25(21(35)30-23(37)31-22(25)36)33-11-9-24(10-12-33)15-32(16-24)13-14-34/h1-8,34H,9-16H2,(H2,30,31,35,36,37). The van der Waals surface area contributed by atoms with Crippen LogP contribution in [0.1, 0.15) is 18.4 Å². The topological polar surface area (TPSA) is 111 Å². The average Bonchev–Trinajstić information content (AvgIpc) is 2.84. The molecule has 2 aromatic rings. The molecule has 3 aliphatic heterocycles. The Balaban J connectivity index is 1.39. The zero-order valence-corrected chi connectivity index (χ0v) is 20.4. The summed E-state index contributed by atoms with van der Waals surface area (Å²) in [6, 6.07) is 11.1. The third-order valence-electron chi connectivity index (χ3n) is 7.67. The number of piperidine rings is 1. The number of urea groups is 1. The Hall–Kier alpha value is -3.48. The van der Waals surface area contributed by atoms with E-state index in [1.54, 1.807) is 24.3 Å². The molecule has 12 heteroatoms. The van der Waals surface area contributed by atoms with Crippen LogP contribution in [0, 0.1) is 5.41 Å². The highest BCUT2D eigenvalue weighted by atomic mass is 19.4. The van der Waals surface area contributed by atoms with Gasteiger partial charge >= 0.3 is 12.4 Å². The predicted molar refractivity (Wildman–Crippen MR) is 129 cm³/mol. The molecule has 0 aliphatic carbocycles. The van der Waals surface area contributed by atoms with Gasteiger partial charge in [-0.3, -0.25) is 30.0 Å². The number of benzene rings is 2. The number of carbonyl (C=O) groups is 3. The molecule has 0 saturated carbocycles. The summed E-state index contributed by atoms with van der Waals surface area (Å²) in [5.41, 5.74) is -0.00742. The highest BCUT2D eigenvalue weighted by Crippen LogP contribution is 2.44. The number of aliphatic hydroxyl groups excluding tert-OH is 1. The minimum absolute atomic E-state index is 0.0795. The minimum atomic E-state index is -4.79. The van der Waals surface area contributed by atoms with Crippen molar-refractivity contribution in [1.29, 1.82) is 0 Å². The first-order valence-electron chi connectivity index (χ1n) is 12.3. The molecule has 1 spiro atoms. The number of nitrogens with one attached hydrogen (secondary N) is 2. The summed E-state index contributed by atoms with van der Waals surface area (Å²) < 4.78 is 41.3. The number of β-amino-alcohol motifs (C(OH)–C–C–N with tert-alkyl or cyclic N) is 1. The predicted octanol–water partition coefficient (Wildman–Crippen LogP) is 2.20. The summed E-state index contributed by atoms with van der Waals surface area (Å²) in [4.78, 5) is 42.6. The number of hydrogen-bond acceptors (Lipinski definition) is 7. The first-order valence-corrected chi connectivity index (χ1v) is 12.3. The van der Waals surface area contributed by atoms with Gasteiger partial charge in [0, 0.05) is 32.7 Å². The maximum Gasteiger partial charge on any atom is 0.573 e. The number of likely N-dealkylation sites (tertiary alicyclic amines) is 2. The first kappa shape index (κ1) is 26.1. The maximum atomic E-state index is 13.3. The summed E-state index contributed by atoms with van der Waals surface area (Å²) in [5.74, 6) is -1.79. The Bertz CT molecular complexity index is 1200. The van der Waals surface area contributed by atoms with Gasteiger partial charge in [-0.2, -0.15) is 0 Å². The van der Waals surface area contributed by atoms with E-state index in [0.29, 0.717) is 36.3 Å². The summed E-state index contributed by atoms with van der Waals surface area (Å²) in [6.45, 7) is 3.35. The summed E-state index contributed by atoms with van der Waals surface area (Å²) in [7, 11) is 0. The second-order valence-corrected chi connectivity index (χ2v) is 10.0. The lowest BCUT2D eigenvalue weighted by molar-refractivity contribution is -0.274. The smallest absolute Gasteiger partial charge is 0.406 e. The number of ether oxygens (including phenoxy) is 1. The molecule has 4 amide bonds. The van der Waals surface area contributed by atoms with Crippen LogP contribution in [0.25, 0.3) is 11.1 Å². The van der Waals surface area contributed by atoms with E-state index < -0.39 is 29.7 Å². The van der Waals surface area contributed by atoms with Crippen molar-refractivity contribution in [2.45, 2.75) is 24.7 Å². The van der Waals surface area contributed by atoms with Gasteiger partial charge in [-0.05, 0) is 47.1 Å². The van der Waals surface area contributed by atoms with E-state index in [-0.39, 0.29) is 17.8 Å². The minimum Gasteiger partial charge on any atom is -0.406 e. The van der Waals surface area contributed by atoms with Gasteiger partial charge in [-0.15, -0.1) is 13.2 Å². The van der Waals surface area contributed by atoms with Gasteiger partial charge < -0.3 is 9.84 Å². The van der Waals surface area contributed by atoms with Crippen LogP contribution in [0.2, 0.25) is 0 Å². The molecule has 0 aromatic heterocycles. The van der Waals surface area contributed by atoms with Crippen molar-refractivity contribution >= 4 is 17.8 Å². The van der Waals surface area contributed by atoms with E-state index in [9.17, 15) is 32.7 Å². The number of barbiturate groups is 1. The van der Waals surface area contributed by atoms with Crippen molar-refractivity contribution in [2.24, 2.45) is 5.41 Å². The highest BCUT2D eigenvalue weighted by molar-refractivity contribution is 6.22. The van der Waals surface area contributed by atoms with Crippen molar-refractivity contribution in [1.82, 2.24) is 20.4 Å². The fourth-order valence-corrected chi connectivity index (χ4v) is 5.84. The second-order valence-electron chi connectivity index (χ2n) is 10.0. The third kappa shape index (κ3) is 4.74. The second kappa shape index (κ2) is 9.68. The Morgan fingerprint density at radius 1 is 0.868 bits per heavy atom. The Labute approximate surface area is 216 Å². The summed E-state index contributed by atoms with van der Waals surface area (Å²) in [6.07, 6.45) is -3.27. The molecule has 0 bridgehead atoms. The average molecular weight is 533 g/mol. The van der Waals surface area contributed by atoms with Crippen molar-refractivity contribution in [2.75, 3.05) is 39.3 Å². The van der Waals surface area contributed by atoms with Crippen LogP contribution in [0.3, 0.4) is 0 Å². The third-order valence-corrected chi connectivity index (χ3v) is 7.67. The van der Waals surface area contributed by atoms with Crippen LogP contribution >= 0.6 is 0 Å². The number of carbonyl (C=O) groups excluding carboxylic acids is 3. The molecule has 0 unspecified atom stereocenters. The van der Waals surface area contributed by atoms with Crippen molar-refractivity contribution in [3.63, 3.8) is 0 Å². The van der Waals surface area contributed by atoms with Crippen molar-refractivity contribution in [3.05, 3.63) is 54.1 Å². The van der Waals surface area contributed by atoms with Crippen LogP contribution in [0.5, 0.6) is 5.75 Å². The largest absolute Gasteiger partial charge is 0.573 e. The molecular weight excluding hydrogens is 505 g/mol. The molecule has 2 aromatic carbocycles. The highest BCUT2D eigenvalue weighted by Gasteiger charge is 2.58. The monoisotopic (exact) mass is 532 g/mol. The molecule has 3 aliphatic rings. The van der Waals surface area contributed by atoms with Crippen LogP contribution < -0.4 is 15.4 Å². The molecule has 5 rings (SSSR count). The lowest BCUT2D eigenvalue weighted by atomic mass is 9.70. The van der Waals surface area contributed by atoms with Crippen LogP contribution in [-0.2, 0) is 15.1 Å². The number of rotatable bonds is 6. The number of halogens is 3. The van der Waals surface area contributed by atoms with Gasteiger partial charge in [0.1, 0.15) is 5.75 Å². The van der Waals surface area contributed by atoms with Gasteiger partial charge in [-0.1, -0.05) is 36.4 Å². The van der Waals surface area contributed by atoms with Gasteiger partial charge in [-0.25, -0.2) is 4.79 Å². The van der Waals surface area contributed by atoms with Gasteiger partial charge in [0.05, 0.1) is 6.61 Å². The van der Waals surface area contributed by atoms with Gasteiger partial charge in [0.25, 0.3) is 11.8 Å². The quantitative estimate of drug-likeness (QED) is 0.490. The number of aliphatic hydroxyl groups is 1. The van der Waals surface area contributed by atoms with E-state index in [0.717, 1.165) is 25.9 Å². The van der Waals surface area contributed by atoms with Crippen molar-refractivity contribution in [3.8, 4) is 16.9 Å². The van der Waals surface area contributed by atoms with Crippen molar-refractivity contribution < 1.29 is 37.4 Å². The Kier molecular flexibility index (Phi) is 6.66. The zero-order valence-electron chi connectivity index (χ0n) is 20.4. The summed E-state index contributed by atoms with van der Waals surface area (Å²) in [5, 5.41) is 13.7. The fraction of sp³-hybridized carbons (Fsp3) is 0.423. The lowest BCUT2D eigenvalue weighted by Crippen LogP contribution is -2.73. The first-order chi connectivity index (χ1) is 18.0. The summed E-state index contributed by atoms with van der Waals surface area (Å²) >= 11 is 0. The van der Waals surface area contributed by atoms with Crippen LogP contribution in [-0.4, -0.2) is 78.4 Å². The molecule has 3 saturated heterocycles. The fourth-order valence-electron chi connectivity index (χ4n) is 5.84. The number of alkyl halides is 3. The molecule has 3 fully saturated rings. The number of imide groups is 2. The zero-order chi connectivity index (χ0) is 27.1. The SMILES string of the molecule is O=C1NC(=O)C(c2ccc(-c3ccc(OC(F)(F)F)cc3)cc2)(N2CCC3(CC2)CN(CCO)C3)C(=O)N1. The molecule has 202 valence electrons. The van der Waals surface area contributed by atoms with E-state index in [2.05, 4.69) is 20.3 Å². The Morgan fingerprint density at radius 2 is 1.39 bits per heavy atom. The molecule has 0 radical (unpaired) electrons. The molecule has 3 N–H and O–H groups in total. The van der Waals surface area contributed by atoms with Gasteiger partial charge in [0.15, 0.2) is 0 Å². The van der Waals surface area contributed by atoms with Gasteiger partial charge in [0.2, 0.25) is 5.54 Å². The number of nitrogens with zero attached hydrogens (tertiary/aromatic N) is 2. The molecule has 9 nitrogen and oxygen atoms in total. The van der Waals surface area contributed by atoms with E-state index >= 15 is 0 Å². The maximum absolute atomic E-state index is 13.3. The molecule has 38 heavy (non-hydrogen) atoms. The van der Waals surface area contributed by atoms with Crippen LogP contribution in [0.15, 0.2) is 48.5 Å². The lowest BCUT2D eigenvalue weighted by Gasteiger charge is -2.56. The normalized spacial score (nSPS) is 21.5. The van der Waals surface area contributed by atoms with E-state index in [1.165, 1.54) is 24.3 Å². The Morgan fingerprint density at radius 3 is 1.89 bits per heavy atom. The van der Waals surface area contributed by atoms with E-state index in [4.69, 9.17) is 0 Å². The molecule has 3 heterocycles. The number of amides is 4. The van der Waals surface area contributed by atoms with Crippen LogP contribution in [0.4, 0.5) is 18.0 Å².